The fraction of sp³-hybridized carbons (Fsp3) is 0.417. The van der Waals surface area contributed by atoms with Gasteiger partial charge >= 0.3 is 0 Å². The summed E-state index contributed by atoms with van der Waals surface area (Å²) in [5.41, 5.74) is 2.69. The van der Waals surface area contributed by atoms with Gasteiger partial charge < -0.3 is 19.7 Å². The summed E-state index contributed by atoms with van der Waals surface area (Å²) >= 11 is 0. The van der Waals surface area contributed by atoms with E-state index in [-0.39, 0.29) is 24.2 Å². The van der Waals surface area contributed by atoms with E-state index in [0.29, 0.717) is 18.0 Å². The average molecular weight is 406 g/mol. The summed E-state index contributed by atoms with van der Waals surface area (Å²) in [5, 5.41) is 2.96. The number of hydrogen-bond acceptors (Lipinski definition) is 4. The number of para-hydroxylation sites is 1. The quantitative estimate of drug-likeness (QED) is 0.823. The summed E-state index contributed by atoms with van der Waals surface area (Å²) in [7, 11) is 0. The normalized spacial score (nSPS) is 21.4. The number of fused-ring (bicyclic) bond motifs is 1. The van der Waals surface area contributed by atoms with Gasteiger partial charge in [0.2, 0.25) is 11.8 Å². The molecule has 1 aliphatic carbocycles. The summed E-state index contributed by atoms with van der Waals surface area (Å²) < 4.78 is 12.1. The lowest BCUT2D eigenvalue weighted by Crippen LogP contribution is -2.34. The van der Waals surface area contributed by atoms with Gasteiger partial charge in [0.25, 0.3) is 5.79 Å². The maximum absolute atomic E-state index is 12.9. The highest BCUT2D eigenvalue weighted by Gasteiger charge is 2.44. The molecule has 0 bridgehead atoms. The second-order valence-corrected chi connectivity index (χ2v) is 8.36. The zero-order chi connectivity index (χ0) is 20.7. The summed E-state index contributed by atoms with van der Waals surface area (Å²) in [6.07, 6.45) is 5.05. The molecule has 156 valence electrons. The van der Waals surface area contributed by atoms with E-state index in [4.69, 9.17) is 9.47 Å². The van der Waals surface area contributed by atoms with Crippen molar-refractivity contribution in [2.75, 3.05) is 16.8 Å². The summed E-state index contributed by atoms with van der Waals surface area (Å²) in [5.74, 6) is 0.355. The number of carbonyl (C=O) groups excluding carboxylic acids is 2. The minimum atomic E-state index is -0.518. The van der Waals surface area contributed by atoms with Crippen molar-refractivity contribution in [2.45, 2.75) is 51.2 Å². The molecule has 1 unspecified atom stereocenters. The van der Waals surface area contributed by atoms with E-state index in [2.05, 4.69) is 12.2 Å². The third-order valence-electron chi connectivity index (χ3n) is 6.33. The predicted molar refractivity (Wildman–Crippen MR) is 114 cm³/mol. The monoisotopic (exact) mass is 406 g/mol. The highest BCUT2D eigenvalue weighted by atomic mass is 16.7. The number of ether oxygens (including phenoxy) is 2. The van der Waals surface area contributed by atoms with E-state index < -0.39 is 5.79 Å². The van der Waals surface area contributed by atoms with Crippen molar-refractivity contribution in [1.82, 2.24) is 0 Å². The summed E-state index contributed by atoms with van der Waals surface area (Å²) in [4.78, 5) is 27.2. The first kappa shape index (κ1) is 19.0. The Hall–Kier alpha value is -3.02. The first-order valence-corrected chi connectivity index (χ1v) is 10.8. The molecule has 2 aromatic carbocycles. The van der Waals surface area contributed by atoms with Crippen LogP contribution in [-0.2, 0) is 16.0 Å². The fourth-order valence-electron chi connectivity index (χ4n) is 4.72. The van der Waals surface area contributed by atoms with Crippen molar-refractivity contribution >= 4 is 23.2 Å². The lowest BCUT2D eigenvalue weighted by Gasteiger charge is -2.21. The molecule has 0 radical (unpaired) electrons. The molecule has 2 fully saturated rings. The van der Waals surface area contributed by atoms with Crippen LogP contribution in [0.3, 0.4) is 0 Å². The van der Waals surface area contributed by atoms with E-state index in [9.17, 15) is 9.59 Å². The molecule has 6 heteroatoms. The first-order chi connectivity index (χ1) is 14.6. The molecule has 2 aromatic rings. The van der Waals surface area contributed by atoms with Gasteiger partial charge in [-0.2, -0.15) is 0 Å². The van der Waals surface area contributed by atoms with Gasteiger partial charge in [0.15, 0.2) is 11.5 Å². The molecule has 5 rings (SSSR count). The van der Waals surface area contributed by atoms with Crippen LogP contribution in [0.2, 0.25) is 0 Å². The SMILES string of the molecule is CCc1ccccc1N1CC(C(=O)Nc2ccc3c(c2)OC2(CCCC2)O3)CC1=O. The van der Waals surface area contributed by atoms with Gasteiger partial charge in [0.05, 0.1) is 5.92 Å². The molecule has 2 heterocycles. The van der Waals surface area contributed by atoms with E-state index in [0.717, 1.165) is 49.1 Å². The minimum absolute atomic E-state index is 0.00934. The molecule has 6 nitrogen and oxygen atoms in total. The molecule has 0 aromatic heterocycles. The second-order valence-electron chi connectivity index (χ2n) is 8.36. The number of carbonyl (C=O) groups is 2. The van der Waals surface area contributed by atoms with Crippen LogP contribution < -0.4 is 19.7 Å². The Morgan fingerprint density at radius 2 is 1.90 bits per heavy atom. The fourth-order valence-corrected chi connectivity index (χ4v) is 4.72. The highest BCUT2D eigenvalue weighted by Crippen LogP contribution is 2.47. The van der Waals surface area contributed by atoms with Crippen molar-refractivity contribution in [3.63, 3.8) is 0 Å². The molecule has 1 spiro atoms. The van der Waals surface area contributed by atoms with Gasteiger partial charge in [0, 0.05) is 43.2 Å². The van der Waals surface area contributed by atoms with Crippen LogP contribution in [0.15, 0.2) is 42.5 Å². The van der Waals surface area contributed by atoms with Crippen molar-refractivity contribution in [2.24, 2.45) is 5.92 Å². The number of aryl methyl sites for hydroxylation is 1. The standard InChI is InChI=1S/C24H26N2O4/c1-2-16-7-3-4-8-19(16)26-15-17(13-22(26)27)23(28)25-18-9-10-20-21(14-18)30-24(29-20)11-5-6-12-24/h3-4,7-10,14,17H,2,5-6,11-13,15H2,1H3,(H,25,28). The average Bonchev–Trinajstić information content (AvgIpc) is 3.46. The third kappa shape index (κ3) is 3.30. The van der Waals surface area contributed by atoms with Crippen LogP contribution in [0, 0.1) is 5.92 Å². The van der Waals surface area contributed by atoms with E-state index in [1.807, 2.05) is 42.5 Å². The Morgan fingerprint density at radius 3 is 2.70 bits per heavy atom. The Morgan fingerprint density at radius 1 is 1.13 bits per heavy atom. The maximum Gasteiger partial charge on any atom is 0.251 e. The van der Waals surface area contributed by atoms with Crippen molar-refractivity contribution in [3.8, 4) is 11.5 Å². The molecule has 1 saturated carbocycles. The number of nitrogens with one attached hydrogen (secondary N) is 1. The zero-order valence-corrected chi connectivity index (χ0v) is 17.1. The third-order valence-corrected chi connectivity index (χ3v) is 6.33. The number of anilines is 2. The smallest absolute Gasteiger partial charge is 0.251 e. The number of hydrogen-bond donors (Lipinski definition) is 1. The molecule has 1 saturated heterocycles. The molecule has 2 aliphatic heterocycles. The molecular weight excluding hydrogens is 380 g/mol. The van der Waals surface area contributed by atoms with Gasteiger partial charge in [0.1, 0.15) is 0 Å². The van der Waals surface area contributed by atoms with Crippen LogP contribution >= 0.6 is 0 Å². The Bertz CT molecular complexity index is 996. The van der Waals surface area contributed by atoms with Crippen molar-refractivity contribution < 1.29 is 19.1 Å². The minimum Gasteiger partial charge on any atom is -0.448 e. The van der Waals surface area contributed by atoms with Crippen LogP contribution in [0.5, 0.6) is 11.5 Å². The van der Waals surface area contributed by atoms with Crippen LogP contribution in [-0.4, -0.2) is 24.1 Å². The van der Waals surface area contributed by atoms with Gasteiger partial charge in [-0.25, -0.2) is 0 Å². The Kier molecular flexibility index (Phi) is 4.65. The summed E-state index contributed by atoms with van der Waals surface area (Å²) in [6, 6.07) is 13.4. The zero-order valence-electron chi connectivity index (χ0n) is 17.1. The van der Waals surface area contributed by atoms with Gasteiger partial charge in [-0.1, -0.05) is 25.1 Å². The van der Waals surface area contributed by atoms with Crippen molar-refractivity contribution in [1.29, 1.82) is 0 Å². The van der Waals surface area contributed by atoms with Gasteiger partial charge in [-0.15, -0.1) is 0 Å². The second kappa shape index (κ2) is 7.35. The highest BCUT2D eigenvalue weighted by molar-refractivity contribution is 6.04. The predicted octanol–water partition coefficient (Wildman–Crippen LogP) is 4.28. The Labute approximate surface area is 176 Å². The van der Waals surface area contributed by atoms with E-state index >= 15 is 0 Å². The number of amides is 2. The summed E-state index contributed by atoms with van der Waals surface area (Å²) in [6.45, 7) is 2.47. The number of nitrogens with zero attached hydrogens (tertiary/aromatic N) is 1. The molecular formula is C24H26N2O4. The van der Waals surface area contributed by atoms with Crippen molar-refractivity contribution in [3.05, 3.63) is 48.0 Å². The first-order valence-electron chi connectivity index (χ1n) is 10.8. The number of rotatable bonds is 4. The molecule has 1 N–H and O–H groups in total. The van der Waals surface area contributed by atoms with Crippen LogP contribution in [0.1, 0.15) is 44.6 Å². The topological polar surface area (TPSA) is 67.9 Å². The molecule has 2 amide bonds. The molecule has 1 atom stereocenters. The number of benzene rings is 2. The molecule has 30 heavy (non-hydrogen) atoms. The van der Waals surface area contributed by atoms with Crippen LogP contribution in [0.25, 0.3) is 0 Å². The van der Waals surface area contributed by atoms with Gasteiger partial charge in [-0.05, 0) is 43.0 Å². The maximum atomic E-state index is 12.9. The molecule has 3 aliphatic rings. The Balaban J connectivity index is 1.27. The van der Waals surface area contributed by atoms with E-state index in [1.54, 1.807) is 4.90 Å². The lowest BCUT2D eigenvalue weighted by molar-refractivity contribution is -0.122. The van der Waals surface area contributed by atoms with Gasteiger partial charge in [-0.3, -0.25) is 9.59 Å². The van der Waals surface area contributed by atoms with E-state index in [1.165, 1.54) is 0 Å². The lowest BCUT2D eigenvalue weighted by atomic mass is 10.1. The largest absolute Gasteiger partial charge is 0.448 e. The van der Waals surface area contributed by atoms with Crippen LogP contribution in [0.4, 0.5) is 11.4 Å².